The number of fused-ring (bicyclic) bond motifs is 2. The molecule has 2 aliphatic rings. The highest BCUT2D eigenvalue weighted by Crippen LogP contribution is 2.37. The lowest BCUT2D eigenvalue weighted by Gasteiger charge is -2.38. The molecule has 0 saturated carbocycles. The summed E-state index contributed by atoms with van der Waals surface area (Å²) < 4.78 is 0. The quantitative estimate of drug-likeness (QED) is 0.275. The number of rotatable bonds is 7. The third-order valence-corrected chi connectivity index (χ3v) is 6.84. The topological polar surface area (TPSA) is 167 Å². The molecule has 10 heteroatoms. The van der Waals surface area contributed by atoms with Crippen LogP contribution in [-0.4, -0.2) is 75.5 Å². The highest BCUT2D eigenvalue weighted by Gasteiger charge is 2.39. The van der Waals surface area contributed by atoms with Crippen molar-refractivity contribution in [1.29, 1.82) is 0 Å². The zero-order chi connectivity index (χ0) is 25.9. The smallest absolute Gasteiger partial charge is 0.335 e. The molecule has 190 valence electrons. The second-order valence-electron chi connectivity index (χ2n) is 9.11. The van der Waals surface area contributed by atoms with E-state index in [4.69, 9.17) is 15.3 Å². The normalized spacial score (nSPS) is 23.1. The second-order valence-corrected chi connectivity index (χ2v) is 9.11. The van der Waals surface area contributed by atoms with Gasteiger partial charge in [0.05, 0.1) is 19.1 Å². The Kier molecular flexibility index (Phi) is 8.31. The standard InChI is InChI=1S/C21H27N3O.C4H6O6/c1-4-13(3)23-21(25)15-9-17-16-7-6-8-18-20(16)14(11-22-18)10-19(17)24(5-2)12-15;5-1(3(7)8)2(6)4(9)10/h6-9,11,13,15,19,22H,4-5,10,12H2,1-3H3,(H,23,25);1-2,5-6H,(H,7,8)(H,9,10)/t13-,15-,19-;1-,2-/m10/s1. The van der Waals surface area contributed by atoms with Crippen LogP contribution in [-0.2, 0) is 20.8 Å². The lowest BCUT2D eigenvalue weighted by Crippen LogP contribution is -3.17. The van der Waals surface area contributed by atoms with Gasteiger partial charge in [0.25, 0.3) is 0 Å². The molecule has 1 aliphatic heterocycles. The summed E-state index contributed by atoms with van der Waals surface area (Å²) in [6.07, 6.45) is 1.74. The molecule has 1 aromatic heterocycles. The Hall–Kier alpha value is -3.21. The van der Waals surface area contributed by atoms with E-state index in [9.17, 15) is 19.5 Å². The Morgan fingerprint density at radius 3 is 2.51 bits per heavy atom. The van der Waals surface area contributed by atoms with Crippen LogP contribution in [0.25, 0.3) is 16.5 Å². The number of amides is 1. The van der Waals surface area contributed by atoms with E-state index < -0.39 is 24.1 Å². The molecule has 2 heterocycles. The number of aromatic amines is 1. The van der Waals surface area contributed by atoms with Crippen LogP contribution < -0.4 is 15.3 Å². The van der Waals surface area contributed by atoms with Crippen LogP contribution in [0.4, 0.5) is 0 Å². The van der Waals surface area contributed by atoms with Gasteiger partial charge in [0.15, 0.2) is 6.10 Å². The number of likely N-dealkylation sites (N-methyl/N-ethyl adjacent to an activating group) is 1. The molecule has 1 amide bonds. The van der Waals surface area contributed by atoms with Crippen molar-refractivity contribution in [3.8, 4) is 0 Å². The molecular formula is C25H33N3O7. The van der Waals surface area contributed by atoms with Gasteiger partial charge in [0, 0.05) is 35.1 Å². The van der Waals surface area contributed by atoms with Crippen molar-refractivity contribution >= 4 is 34.3 Å². The first-order valence-electron chi connectivity index (χ1n) is 11.8. The number of benzene rings is 1. The Labute approximate surface area is 203 Å². The van der Waals surface area contributed by atoms with E-state index in [0.29, 0.717) is 6.04 Å². The number of quaternary nitrogens is 1. The van der Waals surface area contributed by atoms with Crippen molar-refractivity contribution < 1.29 is 39.7 Å². The predicted molar refractivity (Wildman–Crippen MR) is 126 cm³/mol. The molecule has 0 spiro atoms. The Bertz CT molecular complexity index is 1110. The largest absolute Gasteiger partial charge is 0.547 e. The van der Waals surface area contributed by atoms with Crippen LogP contribution in [0, 0.1) is 5.92 Å². The van der Waals surface area contributed by atoms with Crippen molar-refractivity contribution in [2.24, 2.45) is 5.92 Å². The molecule has 0 fully saturated rings. The maximum Gasteiger partial charge on any atom is 0.335 e. The van der Waals surface area contributed by atoms with Gasteiger partial charge in [-0.05, 0) is 37.5 Å². The molecule has 10 nitrogen and oxygen atoms in total. The maximum absolute atomic E-state index is 12.8. The molecular weight excluding hydrogens is 454 g/mol. The van der Waals surface area contributed by atoms with Gasteiger partial charge in [0.1, 0.15) is 18.1 Å². The number of hydrogen-bond acceptors (Lipinski definition) is 6. The fraction of sp³-hybridized carbons (Fsp3) is 0.480. The molecule has 4 rings (SSSR count). The Morgan fingerprint density at radius 1 is 1.23 bits per heavy atom. The first-order chi connectivity index (χ1) is 16.6. The maximum atomic E-state index is 12.8. The van der Waals surface area contributed by atoms with Gasteiger partial charge < -0.3 is 40.4 Å². The number of aliphatic hydroxyl groups is 2. The summed E-state index contributed by atoms with van der Waals surface area (Å²) in [7, 11) is 0. The van der Waals surface area contributed by atoms with Gasteiger partial charge in [-0.1, -0.05) is 25.1 Å². The molecule has 6 N–H and O–H groups in total. The van der Waals surface area contributed by atoms with Crippen molar-refractivity contribution in [2.45, 2.75) is 57.9 Å². The SMILES string of the molecule is CC[C@@H](C)NC(=O)[C@@H]1C=C2c3cccc4[nH]cc(c34)C[C@H]2[NH+](CC)C1.O=C([O-])[C@@H](O)[C@H](O)C(=O)O. The van der Waals surface area contributed by atoms with E-state index in [0.717, 1.165) is 25.9 Å². The summed E-state index contributed by atoms with van der Waals surface area (Å²) >= 11 is 0. The summed E-state index contributed by atoms with van der Waals surface area (Å²) in [5.74, 6) is -3.68. The predicted octanol–water partition coefficient (Wildman–Crippen LogP) is -1.53. The van der Waals surface area contributed by atoms with Crippen molar-refractivity contribution in [3.05, 3.63) is 41.6 Å². The fourth-order valence-electron chi connectivity index (χ4n) is 4.72. The van der Waals surface area contributed by atoms with Crippen LogP contribution in [0.15, 0.2) is 30.5 Å². The number of aliphatic carboxylic acids is 2. The van der Waals surface area contributed by atoms with Gasteiger partial charge in [-0.25, -0.2) is 4.79 Å². The Morgan fingerprint density at radius 2 is 1.94 bits per heavy atom. The van der Waals surface area contributed by atoms with Crippen LogP contribution in [0.2, 0.25) is 0 Å². The number of carbonyl (C=O) groups excluding carboxylic acids is 2. The number of aromatic nitrogens is 1. The van der Waals surface area contributed by atoms with E-state index in [1.807, 2.05) is 0 Å². The monoisotopic (exact) mass is 487 g/mol. The molecule has 1 aliphatic carbocycles. The number of H-pyrrole nitrogens is 1. The zero-order valence-electron chi connectivity index (χ0n) is 20.1. The van der Waals surface area contributed by atoms with Gasteiger partial charge in [0.2, 0.25) is 5.91 Å². The number of carbonyl (C=O) groups is 3. The van der Waals surface area contributed by atoms with Crippen LogP contribution in [0.3, 0.4) is 0 Å². The lowest BCUT2D eigenvalue weighted by atomic mass is 9.79. The van der Waals surface area contributed by atoms with Crippen LogP contribution in [0.5, 0.6) is 0 Å². The molecule has 0 saturated heterocycles. The van der Waals surface area contributed by atoms with Crippen molar-refractivity contribution in [1.82, 2.24) is 10.3 Å². The number of aliphatic hydroxyl groups excluding tert-OH is 2. The highest BCUT2D eigenvalue weighted by molar-refractivity contribution is 5.98. The second kappa shape index (κ2) is 11.0. The lowest BCUT2D eigenvalue weighted by molar-refractivity contribution is -0.918. The number of carboxylic acids is 2. The van der Waals surface area contributed by atoms with Gasteiger partial charge in [-0.3, -0.25) is 4.79 Å². The average Bonchev–Trinajstić information content (AvgIpc) is 3.26. The fourth-order valence-corrected chi connectivity index (χ4v) is 4.72. The van der Waals surface area contributed by atoms with E-state index >= 15 is 0 Å². The summed E-state index contributed by atoms with van der Waals surface area (Å²) in [5.41, 5.74) is 5.30. The summed E-state index contributed by atoms with van der Waals surface area (Å²) in [5, 5.41) is 38.7. The van der Waals surface area contributed by atoms with Crippen molar-refractivity contribution in [3.63, 3.8) is 0 Å². The third-order valence-electron chi connectivity index (χ3n) is 6.84. The number of hydrogen-bond donors (Lipinski definition) is 6. The molecule has 35 heavy (non-hydrogen) atoms. The minimum Gasteiger partial charge on any atom is -0.547 e. The third kappa shape index (κ3) is 5.55. The molecule has 6 atom stereocenters. The minimum atomic E-state index is -2.38. The summed E-state index contributed by atoms with van der Waals surface area (Å²) in [6.45, 7) is 8.36. The van der Waals surface area contributed by atoms with E-state index in [2.05, 4.69) is 61.5 Å². The van der Waals surface area contributed by atoms with E-state index in [-0.39, 0.29) is 17.9 Å². The molecule has 1 aromatic carbocycles. The summed E-state index contributed by atoms with van der Waals surface area (Å²) in [6, 6.07) is 7.19. The number of carboxylic acid groups (broad SMARTS) is 2. The van der Waals surface area contributed by atoms with Gasteiger partial charge >= 0.3 is 5.97 Å². The average molecular weight is 488 g/mol. The first-order valence-corrected chi connectivity index (χ1v) is 11.8. The first kappa shape index (κ1) is 26.4. The molecule has 0 radical (unpaired) electrons. The Balaban J connectivity index is 0.000000292. The van der Waals surface area contributed by atoms with Crippen molar-refractivity contribution in [2.75, 3.05) is 13.1 Å². The molecule has 0 bridgehead atoms. The van der Waals surface area contributed by atoms with Gasteiger partial charge in [-0.15, -0.1) is 0 Å². The number of nitrogens with one attached hydrogen (secondary N) is 3. The van der Waals surface area contributed by atoms with E-state index in [1.54, 1.807) is 0 Å². The van der Waals surface area contributed by atoms with Gasteiger partial charge in [-0.2, -0.15) is 0 Å². The van der Waals surface area contributed by atoms with Crippen LogP contribution >= 0.6 is 0 Å². The molecule has 2 aromatic rings. The molecule has 1 unspecified atom stereocenters. The summed E-state index contributed by atoms with van der Waals surface area (Å²) in [4.78, 5) is 37.1. The minimum absolute atomic E-state index is 0.0362. The van der Waals surface area contributed by atoms with E-state index in [1.165, 1.54) is 32.5 Å². The van der Waals surface area contributed by atoms with Crippen LogP contribution in [0.1, 0.15) is 38.3 Å². The zero-order valence-corrected chi connectivity index (χ0v) is 20.1. The highest BCUT2D eigenvalue weighted by atomic mass is 16.4.